The number of pyridine rings is 1. The zero-order valence-electron chi connectivity index (χ0n) is 13.3. The molecule has 0 bridgehead atoms. The molecule has 3 amide bonds. The van der Waals surface area contributed by atoms with Crippen molar-refractivity contribution in [3.05, 3.63) is 64.1 Å². The lowest BCUT2D eigenvalue weighted by molar-refractivity contribution is 0.0958. The highest BCUT2D eigenvalue weighted by Crippen LogP contribution is 2.16. The summed E-state index contributed by atoms with van der Waals surface area (Å²) in [5.41, 5.74) is 1.73. The summed E-state index contributed by atoms with van der Waals surface area (Å²) in [6, 6.07) is 10.00. The van der Waals surface area contributed by atoms with Gasteiger partial charge >= 0.3 is 6.03 Å². The average Bonchev–Trinajstić information content (AvgIpc) is 3.06. The van der Waals surface area contributed by atoms with E-state index in [0.29, 0.717) is 18.7 Å². The highest BCUT2D eigenvalue weighted by Gasteiger charge is 2.20. The quantitative estimate of drug-likeness (QED) is 0.720. The first-order chi connectivity index (χ1) is 12.1. The van der Waals surface area contributed by atoms with Crippen molar-refractivity contribution >= 4 is 17.6 Å². The van der Waals surface area contributed by atoms with Crippen LogP contribution >= 0.6 is 0 Å². The molecule has 0 spiro atoms. The summed E-state index contributed by atoms with van der Waals surface area (Å²) in [5.74, 6) is 5.51. The van der Waals surface area contributed by atoms with Gasteiger partial charge in [0, 0.05) is 36.6 Å². The van der Waals surface area contributed by atoms with Gasteiger partial charge in [-0.1, -0.05) is 11.8 Å². The maximum atomic E-state index is 11.8. The Balaban J connectivity index is 1.55. The molecule has 0 unspecified atom stereocenters. The first-order valence-electron chi connectivity index (χ1n) is 7.75. The van der Waals surface area contributed by atoms with Gasteiger partial charge in [0.1, 0.15) is 0 Å². The van der Waals surface area contributed by atoms with Crippen molar-refractivity contribution in [1.82, 2.24) is 15.6 Å². The van der Waals surface area contributed by atoms with Gasteiger partial charge < -0.3 is 15.6 Å². The summed E-state index contributed by atoms with van der Waals surface area (Å²) < 4.78 is 0. The Labute approximate surface area is 144 Å². The van der Waals surface area contributed by atoms with Crippen molar-refractivity contribution in [3.8, 4) is 11.8 Å². The molecule has 1 fully saturated rings. The Kier molecular flexibility index (Phi) is 4.81. The number of carbonyl (C=O) groups excluding carboxylic acids is 2. The molecule has 1 aliphatic heterocycles. The third-order valence-electron chi connectivity index (χ3n) is 3.65. The minimum Gasteiger partial charge on any atom is -0.341 e. The van der Waals surface area contributed by atoms with Crippen LogP contribution in [0.15, 0.2) is 47.4 Å². The van der Waals surface area contributed by atoms with E-state index in [1.807, 2.05) is 24.3 Å². The van der Waals surface area contributed by atoms with Crippen molar-refractivity contribution in [2.24, 2.45) is 0 Å². The lowest BCUT2D eigenvalue weighted by Crippen LogP contribution is -2.27. The first-order valence-corrected chi connectivity index (χ1v) is 7.75. The Morgan fingerprint density at radius 3 is 2.60 bits per heavy atom. The Morgan fingerprint density at radius 2 is 1.96 bits per heavy atom. The Hall–Kier alpha value is -3.53. The zero-order valence-corrected chi connectivity index (χ0v) is 13.3. The van der Waals surface area contributed by atoms with Crippen LogP contribution in [-0.4, -0.2) is 36.6 Å². The molecule has 1 aliphatic rings. The van der Waals surface area contributed by atoms with E-state index in [9.17, 15) is 14.4 Å². The monoisotopic (exact) mass is 336 g/mol. The Bertz CT molecular complexity index is 886. The van der Waals surface area contributed by atoms with Crippen LogP contribution in [0, 0.1) is 11.8 Å². The molecular formula is C18H16N4O3. The van der Waals surface area contributed by atoms with Crippen molar-refractivity contribution < 1.29 is 9.59 Å². The topological polar surface area (TPSA) is 94.3 Å². The summed E-state index contributed by atoms with van der Waals surface area (Å²) in [6.45, 7) is 1.49. The van der Waals surface area contributed by atoms with E-state index >= 15 is 0 Å². The van der Waals surface area contributed by atoms with E-state index in [2.05, 4.69) is 27.5 Å². The van der Waals surface area contributed by atoms with Crippen LogP contribution in [0.1, 0.15) is 15.9 Å². The zero-order chi connectivity index (χ0) is 17.6. The van der Waals surface area contributed by atoms with Gasteiger partial charge in [0.15, 0.2) is 0 Å². The Morgan fingerprint density at radius 1 is 1.16 bits per heavy atom. The minimum atomic E-state index is -0.305. The van der Waals surface area contributed by atoms with Gasteiger partial charge in [0.05, 0.1) is 12.1 Å². The average molecular weight is 336 g/mol. The summed E-state index contributed by atoms with van der Waals surface area (Å²) in [4.78, 5) is 38.5. The molecule has 3 N–H and O–H groups in total. The number of nitrogens with zero attached hydrogens (tertiary/aromatic N) is 1. The molecule has 0 aliphatic carbocycles. The summed E-state index contributed by atoms with van der Waals surface area (Å²) in [5, 5.41) is 5.41. The predicted molar refractivity (Wildman–Crippen MR) is 93.5 cm³/mol. The van der Waals surface area contributed by atoms with Crippen LogP contribution in [0.5, 0.6) is 0 Å². The number of nitrogens with one attached hydrogen (secondary N) is 3. The molecule has 126 valence electrons. The van der Waals surface area contributed by atoms with Crippen LogP contribution in [0.25, 0.3) is 0 Å². The highest BCUT2D eigenvalue weighted by atomic mass is 16.2. The number of urea groups is 1. The van der Waals surface area contributed by atoms with Crippen molar-refractivity contribution in [2.75, 3.05) is 24.5 Å². The molecule has 0 radical (unpaired) electrons. The van der Waals surface area contributed by atoms with E-state index in [-0.39, 0.29) is 24.0 Å². The summed E-state index contributed by atoms with van der Waals surface area (Å²) in [6.07, 6.45) is 1.36. The number of amides is 3. The molecule has 7 heteroatoms. The number of aromatic amines is 1. The minimum absolute atomic E-state index is 0.0937. The van der Waals surface area contributed by atoms with Gasteiger partial charge in [-0.05, 0) is 30.3 Å². The van der Waals surface area contributed by atoms with Crippen LogP contribution < -0.4 is 21.1 Å². The van der Waals surface area contributed by atoms with E-state index in [1.54, 1.807) is 4.90 Å². The van der Waals surface area contributed by atoms with Crippen molar-refractivity contribution in [3.63, 3.8) is 0 Å². The van der Waals surface area contributed by atoms with Gasteiger partial charge in [0.25, 0.3) is 5.91 Å². The number of H-pyrrole nitrogens is 1. The SMILES string of the molecule is O=C(NCC#Cc1ccc(N2CCNC2=O)cc1)c1ccc(=O)[nH]c1. The summed E-state index contributed by atoms with van der Waals surface area (Å²) in [7, 11) is 0. The number of carbonyl (C=O) groups is 2. The van der Waals surface area contributed by atoms with Crippen molar-refractivity contribution in [1.29, 1.82) is 0 Å². The van der Waals surface area contributed by atoms with E-state index in [0.717, 1.165) is 11.3 Å². The molecule has 1 saturated heterocycles. The van der Waals surface area contributed by atoms with E-state index in [4.69, 9.17) is 0 Å². The third-order valence-corrected chi connectivity index (χ3v) is 3.65. The van der Waals surface area contributed by atoms with E-state index < -0.39 is 0 Å². The van der Waals surface area contributed by atoms with Gasteiger partial charge in [-0.2, -0.15) is 0 Å². The van der Waals surface area contributed by atoms with Gasteiger partial charge in [-0.3, -0.25) is 14.5 Å². The molecule has 1 aromatic heterocycles. The van der Waals surface area contributed by atoms with Crippen molar-refractivity contribution in [2.45, 2.75) is 0 Å². The second-order valence-corrected chi connectivity index (χ2v) is 5.36. The van der Waals surface area contributed by atoms with E-state index in [1.165, 1.54) is 18.3 Å². The first kappa shape index (κ1) is 16.3. The number of benzene rings is 1. The number of aromatic nitrogens is 1. The lowest BCUT2D eigenvalue weighted by Gasteiger charge is -2.13. The maximum Gasteiger partial charge on any atom is 0.321 e. The highest BCUT2D eigenvalue weighted by molar-refractivity contribution is 5.94. The smallest absolute Gasteiger partial charge is 0.321 e. The third kappa shape index (κ3) is 4.06. The summed E-state index contributed by atoms with van der Waals surface area (Å²) >= 11 is 0. The fourth-order valence-electron chi connectivity index (χ4n) is 2.37. The molecular weight excluding hydrogens is 320 g/mol. The van der Waals surface area contributed by atoms with Crippen LogP contribution in [-0.2, 0) is 0 Å². The van der Waals surface area contributed by atoms with Gasteiger partial charge in [0.2, 0.25) is 5.56 Å². The normalized spacial score (nSPS) is 13.0. The van der Waals surface area contributed by atoms with Crippen LogP contribution in [0.2, 0.25) is 0 Å². The fourth-order valence-corrected chi connectivity index (χ4v) is 2.37. The number of hydrogen-bond donors (Lipinski definition) is 3. The van der Waals surface area contributed by atoms with Gasteiger partial charge in [-0.15, -0.1) is 0 Å². The number of hydrogen-bond acceptors (Lipinski definition) is 3. The predicted octanol–water partition coefficient (Wildman–Crippen LogP) is 0.686. The molecule has 1 aromatic carbocycles. The number of anilines is 1. The maximum absolute atomic E-state index is 11.8. The molecule has 2 heterocycles. The second kappa shape index (κ2) is 7.36. The van der Waals surface area contributed by atoms with Gasteiger partial charge in [-0.25, -0.2) is 4.79 Å². The number of rotatable bonds is 3. The van der Waals surface area contributed by atoms with Crippen LogP contribution in [0.4, 0.5) is 10.5 Å². The largest absolute Gasteiger partial charge is 0.341 e. The second-order valence-electron chi connectivity index (χ2n) is 5.36. The lowest BCUT2D eigenvalue weighted by atomic mass is 10.2. The standard InChI is InChI=1S/C18H16N4O3/c23-16-8-5-14(12-21-16)17(24)19-9-1-2-13-3-6-15(7-4-13)22-11-10-20-18(22)25/h3-8,12H,9-11H2,(H,19,24)(H,20,25)(H,21,23). The molecule has 7 nitrogen and oxygen atoms in total. The molecule has 0 saturated carbocycles. The molecule has 25 heavy (non-hydrogen) atoms. The molecule has 3 rings (SSSR count). The van der Waals surface area contributed by atoms with Crippen LogP contribution in [0.3, 0.4) is 0 Å². The fraction of sp³-hybridized carbons (Fsp3) is 0.167. The molecule has 2 aromatic rings. The molecule has 0 atom stereocenters.